The predicted molar refractivity (Wildman–Crippen MR) is 160 cm³/mol. The van der Waals surface area contributed by atoms with Crippen molar-refractivity contribution in [3.8, 4) is 5.75 Å². The average molecular weight is 574 g/mol. The molecule has 2 aliphatic heterocycles. The van der Waals surface area contributed by atoms with Crippen molar-refractivity contribution >= 4 is 29.1 Å². The Morgan fingerprint density at radius 3 is 2.26 bits per heavy atom. The zero-order chi connectivity index (χ0) is 29.5. The van der Waals surface area contributed by atoms with E-state index in [1.165, 1.54) is 24.3 Å². The van der Waals surface area contributed by atoms with Crippen molar-refractivity contribution in [2.75, 3.05) is 69.7 Å². The van der Waals surface area contributed by atoms with Gasteiger partial charge in [-0.2, -0.15) is 0 Å². The molecule has 2 saturated heterocycles. The number of methoxy groups -OCH3 is 1. The lowest BCUT2D eigenvalue weighted by Crippen LogP contribution is -2.46. The Bertz CT molecular complexity index is 1410. The number of rotatable bonds is 7. The Hall–Kier alpha value is -4.44. The first-order chi connectivity index (χ1) is 20.4. The predicted octanol–water partition coefficient (Wildman–Crippen LogP) is 3.41. The fourth-order valence-electron chi connectivity index (χ4n) is 5.33. The minimum Gasteiger partial charge on any atom is -0.497 e. The molecule has 0 saturated carbocycles. The van der Waals surface area contributed by atoms with E-state index >= 15 is 0 Å². The van der Waals surface area contributed by atoms with E-state index < -0.39 is 11.7 Å². The number of carbonyl (C=O) groups is 3. The second-order valence-corrected chi connectivity index (χ2v) is 10.5. The molecule has 0 spiro atoms. The molecule has 2 N–H and O–H groups in total. The molecule has 0 atom stereocenters. The molecule has 0 radical (unpaired) electrons. The highest BCUT2D eigenvalue weighted by molar-refractivity contribution is 6.07. The van der Waals surface area contributed by atoms with Gasteiger partial charge < -0.3 is 30.1 Å². The molecular weight excluding hydrogens is 537 g/mol. The van der Waals surface area contributed by atoms with Crippen LogP contribution in [-0.4, -0.2) is 87.0 Å². The van der Waals surface area contributed by atoms with Crippen LogP contribution in [-0.2, 0) is 11.2 Å². The first kappa shape index (κ1) is 29.1. The summed E-state index contributed by atoms with van der Waals surface area (Å²) >= 11 is 0. The van der Waals surface area contributed by atoms with Gasteiger partial charge in [-0.05, 0) is 66.6 Å². The molecule has 2 fully saturated rings. The van der Waals surface area contributed by atoms with Crippen LogP contribution in [0.5, 0.6) is 5.75 Å². The molecular formula is C32H36FN5O4. The number of hydrogen-bond acceptors (Lipinski definition) is 6. The van der Waals surface area contributed by atoms with Crippen molar-refractivity contribution in [2.45, 2.75) is 12.8 Å². The van der Waals surface area contributed by atoms with E-state index in [0.29, 0.717) is 62.5 Å². The van der Waals surface area contributed by atoms with Gasteiger partial charge in [0.15, 0.2) is 0 Å². The van der Waals surface area contributed by atoms with Crippen LogP contribution in [0.3, 0.4) is 0 Å². The molecule has 10 heteroatoms. The second-order valence-electron chi connectivity index (χ2n) is 10.5. The third kappa shape index (κ3) is 7.06. The number of hydrogen-bond donors (Lipinski definition) is 2. The van der Waals surface area contributed by atoms with Crippen LogP contribution in [0.2, 0.25) is 0 Å². The zero-order valence-corrected chi connectivity index (χ0v) is 23.8. The van der Waals surface area contributed by atoms with E-state index in [1.54, 1.807) is 24.1 Å². The van der Waals surface area contributed by atoms with Gasteiger partial charge >= 0.3 is 0 Å². The maximum atomic E-state index is 13.5. The van der Waals surface area contributed by atoms with Crippen LogP contribution >= 0.6 is 0 Å². The smallest absolute Gasteiger partial charge is 0.255 e. The van der Waals surface area contributed by atoms with Crippen LogP contribution in [0, 0.1) is 5.82 Å². The normalized spacial score (nSPS) is 15.6. The number of benzene rings is 3. The summed E-state index contributed by atoms with van der Waals surface area (Å²) in [5.41, 5.74) is 3.00. The fourth-order valence-corrected chi connectivity index (χ4v) is 5.33. The number of anilines is 2. The van der Waals surface area contributed by atoms with Crippen molar-refractivity contribution in [1.82, 2.24) is 15.1 Å². The fraction of sp³-hybridized carbons (Fsp3) is 0.344. The topological polar surface area (TPSA) is 94.2 Å². The Kier molecular flexibility index (Phi) is 9.33. The van der Waals surface area contributed by atoms with Crippen LogP contribution in [0.1, 0.15) is 32.7 Å². The van der Waals surface area contributed by atoms with Gasteiger partial charge in [0.2, 0.25) is 5.91 Å². The van der Waals surface area contributed by atoms with Crippen molar-refractivity contribution in [3.63, 3.8) is 0 Å². The minimum absolute atomic E-state index is 0.0591. The summed E-state index contributed by atoms with van der Waals surface area (Å²) in [4.78, 5) is 45.4. The molecule has 2 aliphatic rings. The van der Waals surface area contributed by atoms with E-state index in [-0.39, 0.29) is 11.8 Å². The lowest BCUT2D eigenvalue weighted by atomic mass is 10.1. The number of nitrogens with one attached hydrogen (secondary N) is 2. The summed E-state index contributed by atoms with van der Waals surface area (Å²) in [6.07, 6.45) is 1.06. The number of amides is 3. The van der Waals surface area contributed by atoms with Crippen LogP contribution in [0.15, 0.2) is 66.7 Å². The van der Waals surface area contributed by atoms with Crippen molar-refractivity contribution in [1.29, 1.82) is 0 Å². The first-order valence-electron chi connectivity index (χ1n) is 14.3. The van der Waals surface area contributed by atoms with Crippen LogP contribution in [0.25, 0.3) is 0 Å². The average Bonchev–Trinajstić information content (AvgIpc) is 3.28. The van der Waals surface area contributed by atoms with Gasteiger partial charge in [-0.3, -0.25) is 14.4 Å². The molecule has 3 aromatic carbocycles. The lowest BCUT2D eigenvalue weighted by Gasteiger charge is -2.29. The van der Waals surface area contributed by atoms with Crippen LogP contribution in [0.4, 0.5) is 15.8 Å². The monoisotopic (exact) mass is 573 g/mol. The molecule has 0 bridgehead atoms. The molecule has 3 aromatic rings. The maximum Gasteiger partial charge on any atom is 0.255 e. The SMILES string of the molecule is COc1ccc(CC(=O)N2CCCN(c3ccc(C(=O)N4CCNCC4)cc3NC(=O)c3ccc(F)cc3)CC2)cc1. The zero-order valence-electron chi connectivity index (χ0n) is 23.8. The molecule has 2 heterocycles. The van der Waals surface area contributed by atoms with Gasteiger partial charge in [0.05, 0.1) is 24.9 Å². The molecule has 42 heavy (non-hydrogen) atoms. The number of nitrogens with zero attached hydrogens (tertiary/aromatic N) is 3. The summed E-state index contributed by atoms with van der Waals surface area (Å²) in [5.74, 6) is -0.101. The summed E-state index contributed by atoms with van der Waals surface area (Å²) in [6, 6.07) is 18.2. The van der Waals surface area contributed by atoms with E-state index in [1.807, 2.05) is 35.2 Å². The molecule has 220 valence electrons. The van der Waals surface area contributed by atoms with Gasteiger partial charge in [-0.15, -0.1) is 0 Å². The third-order valence-corrected chi connectivity index (χ3v) is 7.71. The molecule has 5 rings (SSSR count). The van der Waals surface area contributed by atoms with E-state index in [2.05, 4.69) is 15.5 Å². The Morgan fingerprint density at radius 1 is 0.833 bits per heavy atom. The second kappa shape index (κ2) is 13.5. The summed E-state index contributed by atoms with van der Waals surface area (Å²) in [5, 5.41) is 6.21. The molecule has 0 aromatic heterocycles. The Balaban J connectivity index is 1.33. The highest BCUT2D eigenvalue weighted by Gasteiger charge is 2.24. The molecule has 9 nitrogen and oxygen atoms in total. The standard InChI is InChI=1S/C32H36FN5O4/c1-42-27-10-3-23(4-11-27)21-30(39)37-16-2-15-36(19-20-37)29-12-7-25(32(41)38-17-13-34-14-18-38)22-28(29)35-31(40)24-5-8-26(33)9-6-24/h3-12,22,34H,2,13-21H2,1H3,(H,35,40). The maximum absolute atomic E-state index is 13.5. The summed E-state index contributed by atoms with van der Waals surface area (Å²) in [6.45, 7) is 5.10. The Morgan fingerprint density at radius 2 is 1.55 bits per heavy atom. The molecule has 3 amide bonds. The van der Waals surface area contributed by atoms with E-state index in [9.17, 15) is 18.8 Å². The third-order valence-electron chi connectivity index (χ3n) is 7.71. The van der Waals surface area contributed by atoms with Gasteiger partial charge in [0.1, 0.15) is 11.6 Å². The number of piperazine rings is 1. The summed E-state index contributed by atoms with van der Waals surface area (Å²) < 4.78 is 18.7. The first-order valence-corrected chi connectivity index (χ1v) is 14.3. The van der Waals surface area contributed by atoms with Crippen molar-refractivity contribution < 1.29 is 23.5 Å². The summed E-state index contributed by atoms with van der Waals surface area (Å²) in [7, 11) is 1.61. The Labute approximate surface area is 245 Å². The highest BCUT2D eigenvalue weighted by Crippen LogP contribution is 2.30. The van der Waals surface area contributed by atoms with Gasteiger partial charge in [0, 0.05) is 63.5 Å². The van der Waals surface area contributed by atoms with E-state index in [0.717, 1.165) is 36.5 Å². The van der Waals surface area contributed by atoms with Crippen molar-refractivity contribution in [3.05, 3.63) is 89.2 Å². The highest BCUT2D eigenvalue weighted by atomic mass is 19.1. The van der Waals surface area contributed by atoms with Gasteiger partial charge in [0.25, 0.3) is 11.8 Å². The van der Waals surface area contributed by atoms with Crippen molar-refractivity contribution in [2.24, 2.45) is 0 Å². The van der Waals surface area contributed by atoms with E-state index in [4.69, 9.17) is 4.74 Å². The largest absolute Gasteiger partial charge is 0.497 e. The van der Waals surface area contributed by atoms with Gasteiger partial charge in [-0.25, -0.2) is 4.39 Å². The minimum atomic E-state index is -0.425. The number of ether oxygens (including phenoxy) is 1. The number of halogens is 1. The van der Waals surface area contributed by atoms with Gasteiger partial charge in [-0.1, -0.05) is 12.1 Å². The molecule has 0 aliphatic carbocycles. The lowest BCUT2D eigenvalue weighted by molar-refractivity contribution is -0.130. The molecule has 0 unspecified atom stereocenters. The quantitative estimate of drug-likeness (QED) is 0.450. The van der Waals surface area contributed by atoms with Crippen LogP contribution < -0.4 is 20.3 Å². The number of carbonyl (C=O) groups excluding carboxylic acids is 3.